The molecule has 4 rings (SSSR count). The molecule has 2 saturated carbocycles. The first kappa shape index (κ1) is 27.5. The number of ketones is 1. The lowest BCUT2D eigenvalue weighted by atomic mass is 9.60. The van der Waals surface area contributed by atoms with Crippen LogP contribution >= 0.6 is 0 Å². The van der Waals surface area contributed by atoms with E-state index in [4.69, 9.17) is 9.47 Å². The minimum Gasteiger partial charge on any atom is -0.455 e. The van der Waals surface area contributed by atoms with E-state index in [0.29, 0.717) is 17.6 Å². The zero-order chi connectivity index (χ0) is 27.3. The number of hydrogen-bond donors (Lipinski definition) is 2. The monoisotopic (exact) mass is 512 g/mol. The predicted molar refractivity (Wildman–Crippen MR) is 138 cm³/mol. The number of aliphatic hydroxyl groups excluding tert-OH is 1. The molecule has 202 valence electrons. The van der Waals surface area contributed by atoms with E-state index in [9.17, 15) is 24.6 Å². The Morgan fingerprint density at radius 2 is 1.89 bits per heavy atom. The van der Waals surface area contributed by atoms with Crippen LogP contribution in [0.25, 0.3) is 0 Å². The zero-order valence-electron chi connectivity index (χ0n) is 22.7. The molecule has 2 fully saturated rings. The summed E-state index contributed by atoms with van der Waals surface area (Å²) in [5.74, 6) is -3.67. The fourth-order valence-corrected chi connectivity index (χ4v) is 7.64. The number of allylic oxidation sites excluding steroid dienone is 4. The number of hydrogen-bond acceptors (Lipinski definition) is 7. The Hall–Kier alpha value is -2.51. The molecule has 0 aromatic heterocycles. The Morgan fingerprint density at radius 1 is 1.19 bits per heavy atom. The highest BCUT2D eigenvalue weighted by Crippen LogP contribution is 2.76. The Kier molecular flexibility index (Phi) is 7.19. The molecular formula is C30H40O7. The SMILES string of the molecule is CCC/C=C/C=C\C(=O)O[C@@H]1[C@@H](C)[C@]2(O)[C@@H](C=C(CO)C[C@H]3C(=O)C(C)=C[C@@H]32)[C@@H]2C(C)(C)[C@]12OC(C)=O. The van der Waals surface area contributed by atoms with Crippen LogP contribution < -0.4 is 0 Å². The average molecular weight is 513 g/mol. The van der Waals surface area contributed by atoms with Crippen molar-refractivity contribution in [1.29, 1.82) is 0 Å². The summed E-state index contributed by atoms with van der Waals surface area (Å²) in [6, 6.07) is 0. The lowest BCUT2D eigenvalue weighted by Crippen LogP contribution is -2.63. The van der Waals surface area contributed by atoms with Gasteiger partial charge in [-0.3, -0.25) is 9.59 Å². The molecule has 0 spiro atoms. The maximum absolute atomic E-state index is 13.1. The van der Waals surface area contributed by atoms with Crippen molar-refractivity contribution in [2.75, 3.05) is 6.61 Å². The summed E-state index contributed by atoms with van der Waals surface area (Å²) in [4.78, 5) is 38.5. The predicted octanol–water partition coefficient (Wildman–Crippen LogP) is 3.85. The van der Waals surface area contributed by atoms with Gasteiger partial charge in [0.1, 0.15) is 6.10 Å². The van der Waals surface area contributed by atoms with Gasteiger partial charge in [-0.05, 0) is 30.9 Å². The number of unbranched alkanes of at least 4 members (excludes halogenated alkanes) is 1. The highest BCUT2D eigenvalue weighted by molar-refractivity contribution is 6.00. The van der Waals surface area contributed by atoms with Crippen LogP contribution in [0.4, 0.5) is 0 Å². The molecule has 0 radical (unpaired) electrons. The fourth-order valence-electron chi connectivity index (χ4n) is 7.64. The number of carbonyl (C=O) groups is 3. The van der Waals surface area contributed by atoms with E-state index in [-0.39, 0.29) is 18.3 Å². The molecule has 7 nitrogen and oxygen atoms in total. The summed E-state index contributed by atoms with van der Waals surface area (Å²) in [6.45, 7) is 10.7. The second-order valence-corrected chi connectivity index (χ2v) is 11.8. The lowest BCUT2D eigenvalue weighted by Gasteiger charge is -2.52. The van der Waals surface area contributed by atoms with Crippen LogP contribution in [0.1, 0.15) is 60.8 Å². The van der Waals surface area contributed by atoms with Crippen LogP contribution in [0.2, 0.25) is 0 Å². The molecule has 0 unspecified atom stereocenters. The Labute approximate surface area is 219 Å². The molecule has 0 aromatic rings. The molecular weight excluding hydrogens is 472 g/mol. The van der Waals surface area contributed by atoms with Crippen molar-refractivity contribution >= 4 is 17.7 Å². The van der Waals surface area contributed by atoms with Crippen LogP contribution in [0.15, 0.2) is 47.6 Å². The highest BCUT2D eigenvalue weighted by atomic mass is 16.6. The second kappa shape index (κ2) is 9.66. The lowest BCUT2D eigenvalue weighted by molar-refractivity contribution is -0.217. The van der Waals surface area contributed by atoms with Crippen molar-refractivity contribution in [3.8, 4) is 0 Å². The van der Waals surface area contributed by atoms with E-state index < -0.39 is 58.3 Å². The van der Waals surface area contributed by atoms with Gasteiger partial charge in [-0.1, -0.05) is 64.5 Å². The van der Waals surface area contributed by atoms with Gasteiger partial charge in [0.05, 0.1) is 12.2 Å². The van der Waals surface area contributed by atoms with E-state index >= 15 is 0 Å². The normalized spacial score (nSPS) is 39.8. The number of carbonyl (C=O) groups excluding carboxylic acids is 3. The molecule has 0 saturated heterocycles. The van der Waals surface area contributed by atoms with Gasteiger partial charge in [-0.2, -0.15) is 0 Å². The molecule has 37 heavy (non-hydrogen) atoms. The fraction of sp³-hybridized carbons (Fsp3) is 0.633. The molecule has 4 aliphatic carbocycles. The quantitative estimate of drug-likeness (QED) is 0.231. The number of rotatable bonds is 7. The van der Waals surface area contributed by atoms with Crippen LogP contribution in [-0.4, -0.2) is 51.8 Å². The van der Waals surface area contributed by atoms with Gasteiger partial charge in [0, 0.05) is 48.0 Å². The summed E-state index contributed by atoms with van der Waals surface area (Å²) in [6.07, 6.45) is 11.8. The Bertz CT molecular complexity index is 1100. The van der Waals surface area contributed by atoms with Crippen molar-refractivity contribution in [1.82, 2.24) is 0 Å². The number of ether oxygens (including phenoxy) is 2. The zero-order valence-corrected chi connectivity index (χ0v) is 22.7. The van der Waals surface area contributed by atoms with Crippen LogP contribution in [-0.2, 0) is 23.9 Å². The van der Waals surface area contributed by atoms with Crippen molar-refractivity contribution in [2.45, 2.75) is 78.1 Å². The first-order valence-electron chi connectivity index (χ1n) is 13.4. The summed E-state index contributed by atoms with van der Waals surface area (Å²) < 4.78 is 12.1. The van der Waals surface area contributed by atoms with E-state index in [1.54, 1.807) is 19.1 Å². The van der Waals surface area contributed by atoms with E-state index in [1.165, 1.54) is 13.0 Å². The topological polar surface area (TPSA) is 110 Å². The van der Waals surface area contributed by atoms with Gasteiger partial charge in [-0.25, -0.2) is 4.79 Å². The second-order valence-electron chi connectivity index (χ2n) is 11.8. The standard InChI is InChI=1S/C30H40O7/c1-7-8-9-10-11-12-24(33)36-27-18(3)29(35)22-13-17(2)25(34)21(22)14-20(16-31)15-23(29)26-28(5,6)30(26,27)37-19(4)32/h9-13,15,18,21-23,26-27,31,35H,7-8,14,16H2,1-6H3/b10-9+,12-11-/t18-,21-,22+,23+,26-,27-,29-,30-/m1/s1. The van der Waals surface area contributed by atoms with Crippen LogP contribution in [0, 0.1) is 35.0 Å². The number of aliphatic hydroxyl groups is 2. The summed E-state index contributed by atoms with van der Waals surface area (Å²) >= 11 is 0. The Balaban J connectivity index is 1.81. The molecule has 0 aromatic carbocycles. The van der Waals surface area contributed by atoms with Gasteiger partial charge >= 0.3 is 11.9 Å². The van der Waals surface area contributed by atoms with Gasteiger partial charge in [0.25, 0.3) is 0 Å². The largest absolute Gasteiger partial charge is 0.455 e. The number of esters is 2. The van der Waals surface area contributed by atoms with Crippen LogP contribution in [0.3, 0.4) is 0 Å². The van der Waals surface area contributed by atoms with Crippen molar-refractivity contribution in [3.05, 3.63) is 47.6 Å². The smallest absolute Gasteiger partial charge is 0.331 e. The minimum atomic E-state index is -1.45. The van der Waals surface area contributed by atoms with Gasteiger partial charge < -0.3 is 19.7 Å². The molecule has 0 heterocycles. The molecule has 4 aliphatic rings. The molecule has 8 atom stereocenters. The Morgan fingerprint density at radius 3 is 2.51 bits per heavy atom. The van der Waals surface area contributed by atoms with Crippen molar-refractivity contribution < 1.29 is 34.1 Å². The average Bonchev–Trinajstić information content (AvgIpc) is 3.22. The third-order valence-corrected chi connectivity index (χ3v) is 9.38. The molecule has 0 amide bonds. The maximum Gasteiger partial charge on any atom is 0.331 e. The van der Waals surface area contributed by atoms with E-state index in [2.05, 4.69) is 6.92 Å². The third kappa shape index (κ3) is 4.06. The van der Waals surface area contributed by atoms with Crippen LogP contribution in [0.5, 0.6) is 0 Å². The van der Waals surface area contributed by atoms with Crippen molar-refractivity contribution in [3.63, 3.8) is 0 Å². The van der Waals surface area contributed by atoms with Gasteiger partial charge in [0.15, 0.2) is 11.4 Å². The van der Waals surface area contributed by atoms with Gasteiger partial charge in [-0.15, -0.1) is 0 Å². The first-order valence-corrected chi connectivity index (χ1v) is 13.4. The number of fused-ring (bicyclic) bond motifs is 5. The van der Waals surface area contributed by atoms with E-state index in [1.807, 2.05) is 39.0 Å². The number of Topliss-reactive ketones (excluding diaryl/α,β-unsaturated/α-hetero) is 1. The van der Waals surface area contributed by atoms with E-state index in [0.717, 1.165) is 12.8 Å². The highest BCUT2D eigenvalue weighted by Gasteiger charge is 2.87. The van der Waals surface area contributed by atoms with Crippen molar-refractivity contribution in [2.24, 2.45) is 35.0 Å². The maximum atomic E-state index is 13.1. The third-order valence-electron chi connectivity index (χ3n) is 9.38. The summed E-state index contributed by atoms with van der Waals surface area (Å²) in [5.41, 5.74) is -1.94. The summed E-state index contributed by atoms with van der Waals surface area (Å²) in [5, 5.41) is 22.7. The minimum absolute atomic E-state index is 0.0344. The molecule has 0 aliphatic heterocycles. The summed E-state index contributed by atoms with van der Waals surface area (Å²) in [7, 11) is 0. The molecule has 2 N–H and O–H groups in total. The van der Waals surface area contributed by atoms with Gasteiger partial charge in [0.2, 0.25) is 0 Å². The molecule has 0 bridgehead atoms. The molecule has 7 heteroatoms. The first-order chi connectivity index (χ1) is 17.4.